The summed E-state index contributed by atoms with van der Waals surface area (Å²) >= 11 is 6.71. The average Bonchev–Trinajstić information content (AvgIpc) is 2.99. The first kappa shape index (κ1) is 17.7. The van der Waals surface area contributed by atoms with Crippen molar-refractivity contribution < 1.29 is 18.4 Å². The minimum absolute atomic E-state index is 0.168. The highest BCUT2D eigenvalue weighted by atomic mass is 35.5. The molecule has 1 aromatic carbocycles. The molecule has 0 aliphatic carbocycles. The second-order valence-electron chi connectivity index (χ2n) is 4.40. The Kier molecular flexibility index (Phi) is 5.97. The number of hydroxylamine groups is 1. The number of halogens is 1. The van der Waals surface area contributed by atoms with Crippen LogP contribution >= 0.6 is 22.9 Å². The lowest BCUT2D eigenvalue weighted by Crippen LogP contribution is -2.28. The summed E-state index contributed by atoms with van der Waals surface area (Å²) in [6, 6.07) is 9.35. The molecule has 2 aromatic rings. The molecule has 0 saturated heterocycles. The summed E-state index contributed by atoms with van der Waals surface area (Å²) in [5.41, 5.74) is 2.58. The van der Waals surface area contributed by atoms with Gasteiger partial charge in [-0.15, -0.1) is 11.3 Å². The van der Waals surface area contributed by atoms with Gasteiger partial charge in [0.05, 0.1) is 4.34 Å². The Bertz CT molecular complexity index is 775. The molecule has 7 nitrogen and oxygen atoms in total. The Morgan fingerprint density at radius 1 is 1.13 bits per heavy atom. The number of carbonyl (C=O) groups is 1. The van der Waals surface area contributed by atoms with Crippen LogP contribution in [0, 0.1) is 0 Å². The van der Waals surface area contributed by atoms with Crippen molar-refractivity contribution in [2.24, 2.45) is 0 Å². The predicted molar refractivity (Wildman–Crippen MR) is 88.7 cm³/mol. The summed E-state index contributed by atoms with van der Waals surface area (Å²) in [5, 5.41) is 11.5. The maximum absolute atomic E-state index is 12.0. The third-order valence-electron chi connectivity index (χ3n) is 2.81. The minimum Gasteiger partial charge on any atom is -0.384 e. The van der Waals surface area contributed by atoms with Crippen molar-refractivity contribution in [2.75, 3.05) is 18.4 Å². The maximum Gasteiger partial charge on any atom is 0.274 e. The van der Waals surface area contributed by atoms with Gasteiger partial charge in [-0.25, -0.2) is 18.6 Å². The van der Waals surface area contributed by atoms with E-state index in [1.165, 1.54) is 24.3 Å². The van der Waals surface area contributed by atoms with Crippen molar-refractivity contribution in [1.82, 2.24) is 10.2 Å². The largest absolute Gasteiger partial charge is 0.384 e. The third-order valence-corrected chi connectivity index (χ3v) is 5.99. The van der Waals surface area contributed by atoms with Crippen LogP contribution in [0.2, 0.25) is 4.34 Å². The van der Waals surface area contributed by atoms with E-state index in [-0.39, 0.29) is 10.8 Å². The molecule has 0 bridgehead atoms. The fourth-order valence-electron chi connectivity index (χ4n) is 1.71. The molecule has 0 atom stereocenters. The molecule has 0 radical (unpaired) electrons. The molecule has 0 fully saturated rings. The zero-order valence-electron chi connectivity index (χ0n) is 11.7. The SMILES string of the molecule is O=C(NO)c1ccc(NCCNS(=O)(=O)c2ccc(Cl)s2)cc1. The van der Waals surface area contributed by atoms with Crippen molar-refractivity contribution in [3.05, 3.63) is 46.3 Å². The molecule has 124 valence electrons. The average molecular weight is 376 g/mol. The van der Waals surface area contributed by atoms with Gasteiger partial charge < -0.3 is 5.32 Å². The van der Waals surface area contributed by atoms with E-state index < -0.39 is 15.9 Å². The Hall–Kier alpha value is -1.65. The lowest BCUT2D eigenvalue weighted by molar-refractivity contribution is 0.0706. The Morgan fingerprint density at radius 2 is 1.83 bits per heavy atom. The summed E-state index contributed by atoms with van der Waals surface area (Å²) in [4.78, 5) is 11.2. The van der Waals surface area contributed by atoms with Crippen LogP contribution in [0.25, 0.3) is 0 Å². The quantitative estimate of drug-likeness (QED) is 0.336. The molecule has 1 heterocycles. The van der Waals surface area contributed by atoms with Crippen molar-refractivity contribution in [2.45, 2.75) is 4.21 Å². The summed E-state index contributed by atoms with van der Waals surface area (Å²) in [6.07, 6.45) is 0. The molecular formula is C13H14ClN3O4S2. The summed E-state index contributed by atoms with van der Waals surface area (Å²) in [7, 11) is -3.55. The zero-order valence-corrected chi connectivity index (χ0v) is 14.1. The fraction of sp³-hybridized carbons (Fsp3) is 0.154. The van der Waals surface area contributed by atoms with Crippen molar-refractivity contribution in [3.8, 4) is 0 Å². The van der Waals surface area contributed by atoms with Gasteiger partial charge in [-0.3, -0.25) is 10.0 Å². The molecule has 0 spiro atoms. The zero-order chi connectivity index (χ0) is 16.9. The number of sulfonamides is 1. The van der Waals surface area contributed by atoms with E-state index in [0.717, 1.165) is 17.0 Å². The van der Waals surface area contributed by atoms with E-state index in [2.05, 4.69) is 10.0 Å². The number of hydrogen-bond acceptors (Lipinski definition) is 6. The van der Waals surface area contributed by atoms with Gasteiger partial charge >= 0.3 is 0 Å². The normalized spacial score (nSPS) is 11.2. The van der Waals surface area contributed by atoms with Crippen molar-refractivity contribution in [1.29, 1.82) is 0 Å². The van der Waals surface area contributed by atoms with E-state index in [1.54, 1.807) is 17.6 Å². The molecule has 1 amide bonds. The first-order valence-corrected chi connectivity index (χ1v) is 9.13. The maximum atomic E-state index is 12.0. The molecule has 10 heteroatoms. The van der Waals surface area contributed by atoms with E-state index >= 15 is 0 Å². The summed E-state index contributed by atoms with van der Waals surface area (Å²) in [5.74, 6) is -0.598. The van der Waals surface area contributed by atoms with Crippen LogP contribution in [0.5, 0.6) is 0 Å². The van der Waals surface area contributed by atoms with Gasteiger partial charge in [-0.1, -0.05) is 11.6 Å². The van der Waals surface area contributed by atoms with Crippen LogP contribution in [-0.4, -0.2) is 32.6 Å². The number of thiophene rings is 1. The molecule has 2 rings (SSSR count). The van der Waals surface area contributed by atoms with Crippen LogP contribution in [0.1, 0.15) is 10.4 Å². The number of nitrogens with one attached hydrogen (secondary N) is 3. The van der Waals surface area contributed by atoms with E-state index in [1.807, 2.05) is 0 Å². The monoisotopic (exact) mass is 375 g/mol. The number of hydrogen-bond donors (Lipinski definition) is 4. The Morgan fingerprint density at radius 3 is 2.39 bits per heavy atom. The standard InChI is InChI=1S/C13H14ClN3O4S2/c14-11-5-6-12(22-11)23(20,21)16-8-7-15-10-3-1-9(2-4-10)13(18)17-19/h1-6,15-16,19H,7-8H2,(H,17,18). The van der Waals surface area contributed by atoms with Gasteiger partial charge in [0, 0.05) is 24.3 Å². The first-order chi connectivity index (χ1) is 10.9. The lowest BCUT2D eigenvalue weighted by Gasteiger charge is -2.08. The highest BCUT2D eigenvalue weighted by Gasteiger charge is 2.15. The molecule has 0 aliphatic rings. The van der Waals surface area contributed by atoms with E-state index in [0.29, 0.717) is 16.4 Å². The Labute approximate surface area is 142 Å². The molecule has 4 N–H and O–H groups in total. The number of rotatable bonds is 7. The molecule has 1 aromatic heterocycles. The van der Waals surface area contributed by atoms with Crippen molar-refractivity contribution >= 4 is 44.6 Å². The molecular weight excluding hydrogens is 362 g/mol. The number of carbonyl (C=O) groups excluding carboxylic acids is 1. The highest BCUT2D eigenvalue weighted by Crippen LogP contribution is 2.25. The second kappa shape index (κ2) is 7.75. The minimum atomic E-state index is -3.55. The summed E-state index contributed by atoms with van der Waals surface area (Å²) in [6.45, 7) is 0.556. The van der Waals surface area contributed by atoms with Crippen LogP contribution < -0.4 is 15.5 Å². The van der Waals surface area contributed by atoms with Gasteiger partial charge in [0.1, 0.15) is 4.21 Å². The van der Waals surface area contributed by atoms with Gasteiger partial charge in [0.25, 0.3) is 5.91 Å². The molecule has 0 unspecified atom stereocenters. The van der Waals surface area contributed by atoms with Gasteiger partial charge in [-0.05, 0) is 36.4 Å². The number of amides is 1. The van der Waals surface area contributed by atoms with E-state index in [9.17, 15) is 13.2 Å². The summed E-state index contributed by atoms with van der Waals surface area (Å²) < 4.78 is 27.0. The van der Waals surface area contributed by atoms with Crippen LogP contribution in [0.3, 0.4) is 0 Å². The number of anilines is 1. The van der Waals surface area contributed by atoms with Gasteiger partial charge in [-0.2, -0.15) is 0 Å². The van der Waals surface area contributed by atoms with Gasteiger partial charge in [0.2, 0.25) is 10.0 Å². The molecule has 0 saturated carbocycles. The smallest absolute Gasteiger partial charge is 0.274 e. The van der Waals surface area contributed by atoms with Gasteiger partial charge in [0.15, 0.2) is 0 Å². The van der Waals surface area contributed by atoms with Crippen molar-refractivity contribution in [3.63, 3.8) is 0 Å². The third kappa shape index (κ3) is 4.91. The number of benzene rings is 1. The highest BCUT2D eigenvalue weighted by molar-refractivity contribution is 7.91. The van der Waals surface area contributed by atoms with Crippen LogP contribution in [0.15, 0.2) is 40.6 Å². The van der Waals surface area contributed by atoms with E-state index in [4.69, 9.17) is 16.8 Å². The van der Waals surface area contributed by atoms with Crippen LogP contribution in [-0.2, 0) is 10.0 Å². The first-order valence-electron chi connectivity index (χ1n) is 6.46. The predicted octanol–water partition coefficient (Wildman–Crippen LogP) is 1.91. The second-order valence-corrected chi connectivity index (χ2v) is 8.11. The van der Waals surface area contributed by atoms with Crippen LogP contribution in [0.4, 0.5) is 5.69 Å². The lowest BCUT2D eigenvalue weighted by atomic mass is 10.2. The molecule has 23 heavy (non-hydrogen) atoms. The Balaban J connectivity index is 1.82. The molecule has 0 aliphatic heterocycles. The fourth-order valence-corrected chi connectivity index (χ4v) is 4.27. The topological polar surface area (TPSA) is 108 Å².